The number of hydrogen-bond donors (Lipinski definition) is 1. The van der Waals surface area contributed by atoms with Crippen molar-refractivity contribution >= 4 is 18.5 Å². The van der Waals surface area contributed by atoms with Crippen molar-refractivity contribution in [2.24, 2.45) is 5.92 Å². The lowest BCUT2D eigenvalue weighted by Gasteiger charge is -2.32. The summed E-state index contributed by atoms with van der Waals surface area (Å²) < 4.78 is 40.3. The van der Waals surface area contributed by atoms with Gasteiger partial charge in [0.25, 0.3) is 5.91 Å². The average molecular weight is 337 g/mol. The summed E-state index contributed by atoms with van der Waals surface area (Å²) in [5.41, 5.74) is -1.64. The molecule has 130 valence electrons. The summed E-state index contributed by atoms with van der Waals surface area (Å²) in [6.07, 6.45) is 2.13. The van der Waals surface area contributed by atoms with E-state index in [1.807, 2.05) is 27.7 Å². The monoisotopic (exact) mass is 337 g/mol. The maximum atomic E-state index is 14.5. The van der Waals surface area contributed by atoms with Gasteiger partial charge in [-0.25, -0.2) is 8.78 Å². The Labute approximate surface area is 141 Å². The van der Waals surface area contributed by atoms with E-state index < -0.39 is 35.9 Å². The summed E-state index contributed by atoms with van der Waals surface area (Å²) in [7, 11) is -1.01. The molecule has 0 spiro atoms. The number of halogens is 2. The molecule has 2 fully saturated rings. The minimum absolute atomic E-state index is 0.0371. The van der Waals surface area contributed by atoms with E-state index in [0.717, 1.165) is 25.0 Å². The van der Waals surface area contributed by atoms with Gasteiger partial charge in [0.05, 0.1) is 16.8 Å². The second-order valence-electron chi connectivity index (χ2n) is 7.60. The van der Waals surface area contributed by atoms with E-state index in [9.17, 15) is 13.6 Å². The molecule has 0 unspecified atom stereocenters. The number of carbonyl (C=O) groups excluding carboxylic acids is 1. The summed E-state index contributed by atoms with van der Waals surface area (Å²) >= 11 is 0. The van der Waals surface area contributed by atoms with Crippen molar-refractivity contribution in [3.63, 3.8) is 0 Å². The lowest BCUT2D eigenvalue weighted by atomic mass is 9.78. The number of nitrogens with one attached hydrogen (secondary N) is 1. The van der Waals surface area contributed by atoms with Crippen LogP contribution in [0.3, 0.4) is 0 Å². The summed E-state index contributed by atoms with van der Waals surface area (Å²) in [5, 5.41) is 2.64. The first-order valence-electron chi connectivity index (χ1n) is 8.23. The van der Waals surface area contributed by atoms with E-state index in [1.54, 1.807) is 0 Å². The fourth-order valence-corrected chi connectivity index (χ4v) is 2.54. The van der Waals surface area contributed by atoms with Gasteiger partial charge in [-0.3, -0.25) is 4.79 Å². The summed E-state index contributed by atoms with van der Waals surface area (Å²) in [6.45, 7) is 7.84. The van der Waals surface area contributed by atoms with E-state index in [1.165, 1.54) is 0 Å². The molecule has 4 nitrogen and oxygen atoms in total. The third kappa shape index (κ3) is 3.19. The third-order valence-electron chi connectivity index (χ3n) is 5.09. The molecule has 1 N–H and O–H groups in total. The maximum Gasteiger partial charge on any atom is 0.497 e. The third-order valence-corrected chi connectivity index (χ3v) is 5.09. The van der Waals surface area contributed by atoms with Crippen LogP contribution in [-0.4, -0.2) is 30.8 Å². The Bertz CT molecular complexity index is 658. The van der Waals surface area contributed by atoms with Crippen molar-refractivity contribution in [1.82, 2.24) is 5.32 Å². The van der Waals surface area contributed by atoms with Crippen LogP contribution in [0.25, 0.3) is 0 Å². The van der Waals surface area contributed by atoms with Gasteiger partial charge >= 0.3 is 7.12 Å². The SMILES string of the molecule is CC1(C)OB(c2cc(F)c(C(=O)NCC3CC3)cc2F)OC1(C)C. The molecule has 1 aliphatic carbocycles. The number of carbonyl (C=O) groups is 1. The molecular weight excluding hydrogens is 315 g/mol. The van der Waals surface area contributed by atoms with Gasteiger partial charge in [-0.15, -0.1) is 0 Å². The number of hydrogen-bond acceptors (Lipinski definition) is 3. The minimum atomic E-state index is -1.01. The largest absolute Gasteiger partial charge is 0.497 e. The first kappa shape index (κ1) is 17.4. The van der Waals surface area contributed by atoms with Crippen molar-refractivity contribution in [3.05, 3.63) is 29.3 Å². The van der Waals surface area contributed by atoms with Crippen LogP contribution in [0.1, 0.15) is 50.9 Å². The summed E-state index contributed by atoms with van der Waals surface area (Å²) in [6, 6.07) is 1.90. The highest BCUT2D eigenvalue weighted by molar-refractivity contribution is 6.62. The van der Waals surface area contributed by atoms with E-state index >= 15 is 0 Å². The lowest BCUT2D eigenvalue weighted by molar-refractivity contribution is 0.00578. The predicted octanol–water partition coefficient (Wildman–Crippen LogP) is 2.40. The number of amides is 1. The van der Waals surface area contributed by atoms with E-state index in [-0.39, 0.29) is 11.0 Å². The minimum Gasteiger partial charge on any atom is -0.399 e. The molecule has 1 saturated heterocycles. The summed E-state index contributed by atoms with van der Waals surface area (Å²) in [4.78, 5) is 12.0. The Morgan fingerprint density at radius 1 is 1.17 bits per heavy atom. The average Bonchev–Trinajstić information content (AvgIpc) is 3.26. The smallest absolute Gasteiger partial charge is 0.399 e. The molecule has 1 heterocycles. The second-order valence-corrected chi connectivity index (χ2v) is 7.60. The van der Waals surface area contributed by atoms with E-state index in [2.05, 4.69) is 5.32 Å². The fourth-order valence-electron chi connectivity index (χ4n) is 2.54. The first-order chi connectivity index (χ1) is 11.1. The highest BCUT2D eigenvalue weighted by atomic mass is 19.1. The van der Waals surface area contributed by atoms with Crippen molar-refractivity contribution < 1.29 is 22.9 Å². The van der Waals surface area contributed by atoms with Gasteiger partial charge in [0.15, 0.2) is 0 Å². The highest BCUT2D eigenvalue weighted by Gasteiger charge is 2.52. The Kier molecular flexibility index (Phi) is 4.20. The van der Waals surface area contributed by atoms with Crippen molar-refractivity contribution in [3.8, 4) is 0 Å². The number of rotatable bonds is 4. The van der Waals surface area contributed by atoms with Gasteiger partial charge in [-0.05, 0) is 58.6 Å². The van der Waals surface area contributed by atoms with Crippen molar-refractivity contribution in [1.29, 1.82) is 0 Å². The Hall–Kier alpha value is -1.47. The zero-order valence-corrected chi connectivity index (χ0v) is 14.4. The van der Waals surface area contributed by atoms with Gasteiger partial charge in [-0.2, -0.15) is 0 Å². The molecule has 1 amide bonds. The normalized spacial score (nSPS) is 21.8. The van der Waals surface area contributed by atoms with E-state index in [4.69, 9.17) is 9.31 Å². The van der Waals surface area contributed by atoms with Crippen LogP contribution in [0.4, 0.5) is 8.78 Å². The van der Waals surface area contributed by atoms with Gasteiger partial charge in [-0.1, -0.05) is 0 Å². The standard InChI is InChI=1S/C17H22BF2NO3/c1-16(2)17(3,4)24-18(23-16)12-8-13(19)11(7-14(12)20)15(22)21-9-10-5-6-10/h7-8,10H,5-6,9H2,1-4H3,(H,21,22). The van der Waals surface area contributed by atoms with Crippen LogP contribution < -0.4 is 10.8 Å². The molecule has 7 heteroatoms. The van der Waals surface area contributed by atoms with Crippen molar-refractivity contribution in [2.75, 3.05) is 6.54 Å². The molecule has 2 aliphatic rings. The van der Waals surface area contributed by atoms with Gasteiger partial charge in [0.2, 0.25) is 0 Å². The summed E-state index contributed by atoms with van der Waals surface area (Å²) in [5.74, 6) is -1.63. The quantitative estimate of drug-likeness (QED) is 0.859. The zero-order chi connectivity index (χ0) is 17.7. The zero-order valence-electron chi connectivity index (χ0n) is 14.4. The topological polar surface area (TPSA) is 47.6 Å². The number of benzene rings is 1. The molecule has 1 aliphatic heterocycles. The Morgan fingerprint density at radius 2 is 1.75 bits per heavy atom. The molecule has 24 heavy (non-hydrogen) atoms. The van der Waals surface area contributed by atoms with Gasteiger partial charge in [0.1, 0.15) is 11.6 Å². The Morgan fingerprint density at radius 3 is 2.29 bits per heavy atom. The van der Waals surface area contributed by atoms with Crippen LogP contribution in [0.5, 0.6) is 0 Å². The molecule has 1 saturated carbocycles. The van der Waals surface area contributed by atoms with Crippen LogP contribution in [0.2, 0.25) is 0 Å². The molecule has 1 aromatic rings. The maximum absolute atomic E-state index is 14.5. The first-order valence-corrected chi connectivity index (χ1v) is 8.23. The van der Waals surface area contributed by atoms with Crippen molar-refractivity contribution in [2.45, 2.75) is 51.7 Å². The molecule has 1 aromatic carbocycles. The molecule has 3 rings (SSSR count). The highest BCUT2D eigenvalue weighted by Crippen LogP contribution is 2.36. The van der Waals surface area contributed by atoms with Crippen LogP contribution in [-0.2, 0) is 9.31 Å². The molecular formula is C17H22BF2NO3. The molecule has 0 atom stereocenters. The Balaban J connectivity index is 1.81. The molecule has 0 aromatic heterocycles. The second kappa shape index (κ2) is 5.81. The van der Waals surface area contributed by atoms with Crippen LogP contribution in [0, 0.1) is 17.6 Å². The predicted molar refractivity (Wildman–Crippen MR) is 87.1 cm³/mol. The van der Waals surface area contributed by atoms with Crippen LogP contribution in [0.15, 0.2) is 12.1 Å². The fraction of sp³-hybridized carbons (Fsp3) is 0.588. The molecule has 0 radical (unpaired) electrons. The lowest BCUT2D eigenvalue weighted by Crippen LogP contribution is -2.41. The van der Waals surface area contributed by atoms with Crippen LogP contribution >= 0.6 is 0 Å². The van der Waals surface area contributed by atoms with Gasteiger partial charge < -0.3 is 14.6 Å². The van der Waals surface area contributed by atoms with Gasteiger partial charge in [0, 0.05) is 12.0 Å². The van der Waals surface area contributed by atoms with E-state index in [0.29, 0.717) is 12.5 Å². The molecule has 0 bridgehead atoms.